The van der Waals surface area contributed by atoms with Gasteiger partial charge in [-0.2, -0.15) is 0 Å². The first kappa shape index (κ1) is 13.4. The molecule has 0 saturated heterocycles. The van der Waals surface area contributed by atoms with Gasteiger partial charge in [0.1, 0.15) is 0 Å². The van der Waals surface area contributed by atoms with Gasteiger partial charge in [0.2, 0.25) is 5.91 Å². The van der Waals surface area contributed by atoms with Crippen LogP contribution in [0.5, 0.6) is 0 Å². The third-order valence-electron chi connectivity index (χ3n) is 2.44. The van der Waals surface area contributed by atoms with Crippen molar-refractivity contribution in [3.05, 3.63) is 0 Å². The van der Waals surface area contributed by atoms with Gasteiger partial charge in [0, 0.05) is 26.2 Å². The smallest absolute Gasteiger partial charge is 0.227 e. The molecule has 2 N–H and O–H groups in total. The molecule has 84 valence electrons. The zero-order chi connectivity index (χ0) is 11.1. The Kier molecular flexibility index (Phi) is 6.49. The van der Waals surface area contributed by atoms with Crippen LogP contribution in [0.1, 0.15) is 20.8 Å². The Bertz CT molecular complexity index is 172. The molecule has 0 fully saturated rings. The lowest BCUT2D eigenvalue weighted by molar-refractivity contribution is -0.135. The molecular formula is C10H22N2O2. The van der Waals surface area contributed by atoms with Crippen molar-refractivity contribution < 1.29 is 9.53 Å². The highest BCUT2D eigenvalue weighted by atomic mass is 16.5. The fourth-order valence-electron chi connectivity index (χ4n) is 1.14. The van der Waals surface area contributed by atoms with Gasteiger partial charge in [-0.05, 0) is 13.8 Å². The number of carbonyl (C=O) groups excluding carboxylic acids is 1. The van der Waals surface area contributed by atoms with Gasteiger partial charge in [0.15, 0.2) is 0 Å². The first-order valence-electron chi connectivity index (χ1n) is 5.07. The number of hydrogen-bond donors (Lipinski definition) is 1. The molecule has 0 aliphatic heterocycles. The van der Waals surface area contributed by atoms with Crippen molar-refractivity contribution in [2.24, 2.45) is 11.7 Å². The molecule has 0 aromatic heterocycles. The van der Waals surface area contributed by atoms with Crippen LogP contribution in [0.15, 0.2) is 0 Å². The lowest BCUT2D eigenvalue weighted by Crippen LogP contribution is -2.42. The summed E-state index contributed by atoms with van der Waals surface area (Å²) in [7, 11) is 1.63. The van der Waals surface area contributed by atoms with E-state index in [0.29, 0.717) is 19.7 Å². The average Bonchev–Trinajstić information content (AvgIpc) is 2.17. The Morgan fingerprint density at radius 1 is 1.50 bits per heavy atom. The van der Waals surface area contributed by atoms with Crippen LogP contribution in [-0.4, -0.2) is 43.7 Å². The molecular weight excluding hydrogens is 180 g/mol. The van der Waals surface area contributed by atoms with Gasteiger partial charge in [0.05, 0.1) is 12.5 Å². The summed E-state index contributed by atoms with van der Waals surface area (Å²) >= 11 is 0. The quantitative estimate of drug-likeness (QED) is 0.681. The molecule has 14 heavy (non-hydrogen) atoms. The van der Waals surface area contributed by atoms with Crippen LogP contribution < -0.4 is 5.73 Å². The van der Waals surface area contributed by atoms with Gasteiger partial charge in [-0.25, -0.2) is 0 Å². The summed E-state index contributed by atoms with van der Waals surface area (Å²) in [5, 5.41) is 0. The van der Waals surface area contributed by atoms with Crippen molar-refractivity contribution in [2.45, 2.75) is 26.8 Å². The van der Waals surface area contributed by atoms with Gasteiger partial charge in [-0.1, -0.05) is 6.92 Å². The summed E-state index contributed by atoms with van der Waals surface area (Å²) in [6.45, 7) is 7.60. The van der Waals surface area contributed by atoms with E-state index in [1.54, 1.807) is 12.0 Å². The van der Waals surface area contributed by atoms with E-state index in [-0.39, 0.29) is 17.9 Å². The summed E-state index contributed by atoms with van der Waals surface area (Å²) < 4.78 is 4.94. The predicted molar refractivity (Wildman–Crippen MR) is 56.9 cm³/mol. The molecule has 0 aromatic carbocycles. The molecule has 0 aliphatic carbocycles. The molecule has 0 aliphatic rings. The molecule has 4 heteroatoms. The van der Waals surface area contributed by atoms with Crippen molar-refractivity contribution in [2.75, 3.05) is 26.8 Å². The Morgan fingerprint density at radius 2 is 2.07 bits per heavy atom. The minimum Gasteiger partial charge on any atom is -0.383 e. The van der Waals surface area contributed by atoms with E-state index in [9.17, 15) is 4.79 Å². The largest absolute Gasteiger partial charge is 0.383 e. The number of nitrogens with zero attached hydrogens (tertiary/aromatic N) is 1. The van der Waals surface area contributed by atoms with E-state index in [0.717, 1.165) is 0 Å². The molecule has 1 amide bonds. The fraction of sp³-hybridized carbons (Fsp3) is 0.900. The van der Waals surface area contributed by atoms with Crippen LogP contribution in [0, 0.1) is 5.92 Å². The third kappa shape index (κ3) is 4.07. The summed E-state index contributed by atoms with van der Waals surface area (Å²) in [6.07, 6.45) is 0. The molecule has 2 unspecified atom stereocenters. The summed E-state index contributed by atoms with van der Waals surface area (Å²) in [4.78, 5) is 13.6. The van der Waals surface area contributed by atoms with Crippen LogP contribution in [-0.2, 0) is 9.53 Å². The summed E-state index contributed by atoms with van der Waals surface area (Å²) in [6, 6.07) is -0.0981. The van der Waals surface area contributed by atoms with Gasteiger partial charge < -0.3 is 15.4 Å². The Balaban J connectivity index is 4.16. The first-order chi connectivity index (χ1) is 6.54. The molecule has 0 spiro atoms. The van der Waals surface area contributed by atoms with Crippen LogP contribution in [0.4, 0.5) is 0 Å². The second kappa shape index (κ2) is 6.79. The first-order valence-corrected chi connectivity index (χ1v) is 5.07. The number of ether oxygens (including phenoxy) is 1. The van der Waals surface area contributed by atoms with Crippen molar-refractivity contribution in [3.63, 3.8) is 0 Å². The lowest BCUT2D eigenvalue weighted by atomic mass is 10.0. The fourth-order valence-corrected chi connectivity index (χ4v) is 1.14. The number of hydrogen-bond acceptors (Lipinski definition) is 3. The summed E-state index contributed by atoms with van der Waals surface area (Å²) in [5.74, 6) is -0.00800. The van der Waals surface area contributed by atoms with Gasteiger partial charge in [0.25, 0.3) is 0 Å². The monoisotopic (exact) mass is 202 g/mol. The number of rotatable bonds is 6. The van der Waals surface area contributed by atoms with Crippen molar-refractivity contribution in [3.8, 4) is 0 Å². The highest BCUT2D eigenvalue weighted by Crippen LogP contribution is 2.05. The van der Waals surface area contributed by atoms with Crippen LogP contribution >= 0.6 is 0 Å². The lowest BCUT2D eigenvalue weighted by Gasteiger charge is -2.25. The molecule has 0 saturated carbocycles. The van der Waals surface area contributed by atoms with Crippen LogP contribution in [0.25, 0.3) is 0 Å². The van der Waals surface area contributed by atoms with Crippen molar-refractivity contribution >= 4 is 5.91 Å². The zero-order valence-corrected chi connectivity index (χ0v) is 9.62. The molecule has 0 radical (unpaired) electrons. The van der Waals surface area contributed by atoms with Gasteiger partial charge >= 0.3 is 0 Å². The van der Waals surface area contributed by atoms with Crippen molar-refractivity contribution in [1.29, 1.82) is 0 Å². The Hall–Kier alpha value is -0.610. The normalized spacial score (nSPS) is 14.9. The molecule has 4 nitrogen and oxygen atoms in total. The zero-order valence-electron chi connectivity index (χ0n) is 9.62. The van der Waals surface area contributed by atoms with Crippen molar-refractivity contribution in [1.82, 2.24) is 4.90 Å². The standard InChI is InChI=1S/C10H22N2O2/c1-5-12(6-7-14-4)10(13)8(2)9(3)11/h8-9H,5-7,11H2,1-4H3. The van der Waals surface area contributed by atoms with E-state index >= 15 is 0 Å². The maximum Gasteiger partial charge on any atom is 0.227 e. The van der Waals surface area contributed by atoms with E-state index < -0.39 is 0 Å². The molecule has 0 aromatic rings. The van der Waals surface area contributed by atoms with E-state index in [2.05, 4.69) is 0 Å². The van der Waals surface area contributed by atoms with E-state index in [1.807, 2.05) is 20.8 Å². The van der Waals surface area contributed by atoms with Crippen LogP contribution in [0.3, 0.4) is 0 Å². The molecule has 0 rings (SSSR count). The number of nitrogens with two attached hydrogens (primary N) is 1. The minimum atomic E-state index is -0.119. The SMILES string of the molecule is CCN(CCOC)C(=O)C(C)C(C)N. The second-order valence-corrected chi connectivity index (χ2v) is 3.56. The van der Waals surface area contributed by atoms with Gasteiger partial charge in [-0.3, -0.25) is 4.79 Å². The molecule has 2 atom stereocenters. The maximum atomic E-state index is 11.8. The predicted octanol–water partition coefficient (Wildman–Crippen LogP) is 0.465. The molecule has 0 bridgehead atoms. The third-order valence-corrected chi connectivity index (χ3v) is 2.44. The molecule has 0 heterocycles. The van der Waals surface area contributed by atoms with Gasteiger partial charge in [-0.15, -0.1) is 0 Å². The Morgan fingerprint density at radius 3 is 2.43 bits per heavy atom. The van der Waals surface area contributed by atoms with E-state index in [4.69, 9.17) is 10.5 Å². The highest BCUT2D eigenvalue weighted by molar-refractivity contribution is 5.79. The average molecular weight is 202 g/mol. The summed E-state index contributed by atoms with van der Waals surface area (Å²) in [5.41, 5.74) is 5.68. The number of amides is 1. The topological polar surface area (TPSA) is 55.6 Å². The van der Waals surface area contributed by atoms with Crippen LogP contribution in [0.2, 0.25) is 0 Å². The minimum absolute atomic E-state index is 0.0981. The highest BCUT2D eigenvalue weighted by Gasteiger charge is 2.21. The van der Waals surface area contributed by atoms with E-state index in [1.165, 1.54) is 0 Å². The number of methoxy groups -OCH3 is 1. The number of likely N-dealkylation sites (N-methyl/N-ethyl adjacent to an activating group) is 1. The maximum absolute atomic E-state index is 11.8. The Labute approximate surface area is 86.4 Å². The second-order valence-electron chi connectivity index (χ2n) is 3.56. The number of carbonyl (C=O) groups is 1.